The van der Waals surface area contributed by atoms with Crippen LogP contribution in [0.4, 0.5) is 0 Å². The van der Waals surface area contributed by atoms with Crippen LogP contribution in [-0.2, 0) is 25.6 Å². The third-order valence-corrected chi connectivity index (χ3v) is 7.45. The Balaban J connectivity index is 0.000000810. The van der Waals surface area contributed by atoms with Crippen molar-refractivity contribution in [3.63, 3.8) is 0 Å². The van der Waals surface area contributed by atoms with Crippen molar-refractivity contribution in [3.8, 4) is 11.1 Å². The first-order valence-corrected chi connectivity index (χ1v) is 9.82. The van der Waals surface area contributed by atoms with E-state index in [-0.39, 0.29) is 70.1 Å². The van der Waals surface area contributed by atoms with E-state index in [9.17, 15) is 0 Å². The Morgan fingerprint density at radius 3 is 2.35 bits per heavy atom. The zero-order valence-corrected chi connectivity index (χ0v) is 20.2. The summed E-state index contributed by atoms with van der Waals surface area (Å²) in [4.78, 5) is 0. The monoisotopic (exact) mass is 565 g/mol. The average molecular weight is 568 g/mol. The number of halogens is 3. The minimum Gasteiger partial charge on any atom is -1.00 e. The summed E-state index contributed by atoms with van der Waals surface area (Å²) in [6, 6.07) is 24.7. The molecule has 1 unspecified atom stereocenters. The van der Waals surface area contributed by atoms with Crippen molar-refractivity contribution in [2.75, 3.05) is 0 Å². The largest absolute Gasteiger partial charge is 1.00 e. The summed E-state index contributed by atoms with van der Waals surface area (Å²) < 4.78 is 2.27. The van der Waals surface area contributed by atoms with Crippen molar-refractivity contribution < 1.29 is 70.1 Å². The van der Waals surface area contributed by atoms with Crippen LogP contribution in [0.5, 0.6) is 0 Å². The number of allylic oxidation sites excluding steroid dienone is 1. The number of fused-ring (bicyclic) bond motifs is 4. The molecule has 5 rings (SSSR count). The predicted molar refractivity (Wildman–Crippen MR) is 92.5 cm³/mol. The third-order valence-electron chi connectivity index (χ3n) is 4.96. The van der Waals surface area contributed by atoms with Crippen LogP contribution in [0.2, 0.25) is 0 Å². The topological polar surface area (TPSA) is 0 Å². The summed E-state index contributed by atoms with van der Waals surface area (Å²) in [6.45, 7) is 0. The summed E-state index contributed by atoms with van der Waals surface area (Å²) in [6.07, 6.45) is 5.84. The van der Waals surface area contributed by atoms with E-state index in [4.69, 9.17) is 0 Å². The van der Waals surface area contributed by atoms with E-state index in [1.165, 1.54) is 27.8 Å². The SMILES string of the molecule is C1=C[CH]([Ti+3][c]2cccc3c2Cc2ccccc2-3)c2ccccc21.[Br-].[Br-].[Br-]. The van der Waals surface area contributed by atoms with Gasteiger partial charge in [0.15, 0.2) is 0 Å². The first-order chi connectivity index (χ1) is 11.4. The molecule has 0 nitrogen and oxygen atoms in total. The fraction of sp³-hybridized carbons (Fsp3) is 0.0909. The molecule has 0 saturated carbocycles. The molecule has 26 heavy (non-hydrogen) atoms. The molecule has 3 aromatic rings. The Kier molecular flexibility index (Phi) is 7.70. The minimum atomic E-state index is -0.220. The maximum atomic E-state index is 2.42. The number of hydrogen-bond acceptors (Lipinski definition) is 0. The molecule has 0 fully saturated rings. The molecule has 0 aromatic heterocycles. The molecule has 2 aliphatic rings. The van der Waals surface area contributed by atoms with E-state index in [1.54, 1.807) is 9.43 Å². The molecule has 0 heterocycles. The zero-order valence-electron chi connectivity index (χ0n) is 13.9. The molecule has 129 valence electrons. The standard InChI is InChI=1S/C13H9.C9H7.3BrH.Ti/c1-3-7-12-10(5-1)9-11-6-2-4-8-13(11)12;1-2-5-9-7-3-6-8(9)4-1;;;;/h1-5,7-8H,9H2;1-7H;3*1H;/q;;;;;+3/p-3. The summed E-state index contributed by atoms with van der Waals surface area (Å²) in [5, 5.41) is 0. The van der Waals surface area contributed by atoms with Crippen LogP contribution in [0, 0.1) is 0 Å². The predicted octanol–water partition coefficient (Wildman–Crippen LogP) is -4.25. The van der Waals surface area contributed by atoms with Crippen LogP contribution >= 0.6 is 0 Å². The average Bonchev–Trinajstić information content (AvgIpc) is 3.17. The van der Waals surface area contributed by atoms with E-state index in [0.29, 0.717) is 4.22 Å². The van der Waals surface area contributed by atoms with Crippen molar-refractivity contribution in [3.05, 3.63) is 95.1 Å². The van der Waals surface area contributed by atoms with Gasteiger partial charge in [-0.05, 0) is 0 Å². The molecule has 0 N–H and O–H groups in total. The van der Waals surface area contributed by atoms with Gasteiger partial charge in [-0.3, -0.25) is 0 Å². The van der Waals surface area contributed by atoms with E-state index < -0.39 is 0 Å². The molecule has 3 aromatic carbocycles. The van der Waals surface area contributed by atoms with Gasteiger partial charge in [0.25, 0.3) is 0 Å². The molecule has 0 spiro atoms. The molecular formula is C22H16Br3Ti. The molecule has 0 radical (unpaired) electrons. The van der Waals surface area contributed by atoms with Gasteiger partial charge in [-0.1, -0.05) is 0 Å². The minimum absolute atomic E-state index is 0. The number of benzene rings is 3. The molecule has 0 saturated heterocycles. The van der Waals surface area contributed by atoms with Crippen LogP contribution in [0.15, 0.2) is 72.8 Å². The van der Waals surface area contributed by atoms with Crippen LogP contribution in [0.25, 0.3) is 17.2 Å². The Bertz CT molecular complexity index is 950. The van der Waals surface area contributed by atoms with E-state index in [2.05, 4.69) is 78.9 Å². The van der Waals surface area contributed by atoms with Gasteiger partial charge in [0, 0.05) is 0 Å². The van der Waals surface area contributed by atoms with Gasteiger partial charge >= 0.3 is 146 Å². The molecule has 0 bridgehead atoms. The fourth-order valence-corrected chi connectivity index (χ4v) is 6.23. The Labute approximate surface area is 195 Å². The number of rotatable bonds is 2. The summed E-state index contributed by atoms with van der Waals surface area (Å²) >= 11 is -0.220. The normalized spacial score (nSPS) is 14.7. The second-order valence-corrected chi connectivity index (χ2v) is 8.54. The van der Waals surface area contributed by atoms with Crippen LogP contribution in [0.3, 0.4) is 0 Å². The third kappa shape index (κ3) is 3.75. The Morgan fingerprint density at radius 1 is 0.731 bits per heavy atom. The van der Waals surface area contributed by atoms with Crippen LogP contribution < -0.4 is 54.8 Å². The van der Waals surface area contributed by atoms with Gasteiger partial charge in [-0.2, -0.15) is 0 Å². The van der Waals surface area contributed by atoms with Crippen molar-refractivity contribution >= 4 is 9.94 Å². The molecule has 0 aliphatic heterocycles. The molecular weight excluding hydrogens is 552 g/mol. The van der Waals surface area contributed by atoms with Crippen LogP contribution in [0.1, 0.15) is 26.5 Å². The van der Waals surface area contributed by atoms with Gasteiger partial charge in [-0.15, -0.1) is 0 Å². The second-order valence-electron chi connectivity index (χ2n) is 6.28. The van der Waals surface area contributed by atoms with Crippen molar-refractivity contribution in [2.24, 2.45) is 0 Å². The quantitative estimate of drug-likeness (QED) is 0.216. The molecule has 0 amide bonds. The molecule has 4 heteroatoms. The first kappa shape index (κ1) is 21.8. The Morgan fingerprint density at radius 2 is 1.46 bits per heavy atom. The molecule has 1 atom stereocenters. The van der Waals surface area contributed by atoms with Crippen LogP contribution in [-0.4, -0.2) is 0 Å². The maximum absolute atomic E-state index is 2.42. The van der Waals surface area contributed by atoms with E-state index >= 15 is 0 Å². The zero-order chi connectivity index (χ0) is 15.2. The van der Waals surface area contributed by atoms with E-state index in [1.807, 2.05) is 0 Å². The fourth-order valence-electron chi connectivity index (χ4n) is 3.84. The first-order valence-electron chi connectivity index (χ1n) is 8.14. The summed E-state index contributed by atoms with van der Waals surface area (Å²) in [5.74, 6) is 0. The smallest absolute Gasteiger partial charge is 1.00 e. The second kappa shape index (κ2) is 9.16. The van der Waals surface area contributed by atoms with Gasteiger partial charge in [0.1, 0.15) is 0 Å². The van der Waals surface area contributed by atoms with Gasteiger partial charge in [0.2, 0.25) is 0 Å². The van der Waals surface area contributed by atoms with Crippen molar-refractivity contribution in [1.82, 2.24) is 0 Å². The molecule has 2 aliphatic carbocycles. The summed E-state index contributed by atoms with van der Waals surface area (Å²) in [7, 11) is 0. The maximum Gasteiger partial charge on any atom is -1.00 e. The number of hydrogen-bond donors (Lipinski definition) is 0. The van der Waals surface area contributed by atoms with Gasteiger partial charge in [-0.25, -0.2) is 0 Å². The Hall–Kier alpha value is -0.446. The van der Waals surface area contributed by atoms with E-state index in [0.717, 1.165) is 6.42 Å². The van der Waals surface area contributed by atoms with Gasteiger partial charge in [0.05, 0.1) is 0 Å². The van der Waals surface area contributed by atoms with Crippen molar-refractivity contribution in [1.29, 1.82) is 0 Å². The summed E-state index contributed by atoms with van der Waals surface area (Å²) in [5.41, 5.74) is 8.93. The van der Waals surface area contributed by atoms with Crippen molar-refractivity contribution in [2.45, 2.75) is 10.6 Å². The van der Waals surface area contributed by atoms with Gasteiger partial charge < -0.3 is 50.9 Å².